The van der Waals surface area contributed by atoms with Crippen molar-refractivity contribution < 1.29 is 9.13 Å². The summed E-state index contributed by atoms with van der Waals surface area (Å²) in [4.78, 5) is 0. The number of rotatable bonds is 3. The molecule has 2 N–H and O–H groups in total. The summed E-state index contributed by atoms with van der Waals surface area (Å²) < 4.78 is 19.1. The first-order valence-electron chi connectivity index (χ1n) is 5.77. The van der Waals surface area contributed by atoms with Crippen LogP contribution >= 0.6 is 0 Å². The summed E-state index contributed by atoms with van der Waals surface area (Å²) in [5.74, 6) is 0.224. The molecule has 0 fully saturated rings. The lowest BCUT2D eigenvalue weighted by Gasteiger charge is -2.10. The zero-order valence-corrected chi connectivity index (χ0v) is 10.5. The quantitative estimate of drug-likeness (QED) is 0.858. The van der Waals surface area contributed by atoms with Gasteiger partial charge in [-0.2, -0.15) is 5.26 Å². The van der Waals surface area contributed by atoms with E-state index in [2.05, 4.69) is 0 Å². The van der Waals surface area contributed by atoms with Crippen LogP contribution in [0.3, 0.4) is 0 Å². The second-order valence-corrected chi connectivity index (χ2v) is 4.23. The number of nitrogens with two attached hydrogens (primary N) is 1. The standard InChI is InChI=1S/C15H13FN2O/c1-10-2-4-13(18)7-15(10)19-9-12-6-11(8-17)3-5-14(12)16/h2-7H,9,18H2,1H3. The number of nitriles is 1. The fourth-order valence-electron chi connectivity index (χ4n) is 1.68. The van der Waals surface area contributed by atoms with E-state index in [4.69, 9.17) is 15.7 Å². The van der Waals surface area contributed by atoms with E-state index in [0.717, 1.165) is 5.56 Å². The minimum absolute atomic E-state index is 0.0612. The zero-order valence-electron chi connectivity index (χ0n) is 10.5. The van der Waals surface area contributed by atoms with E-state index < -0.39 is 0 Å². The monoisotopic (exact) mass is 256 g/mol. The molecule has 3 nitrogen and oxygen atoms in total. The molecular weight excluding hydrogens is 243 g/mol. The molecule has 96 valence electrons. The Hall–Kier alpha value is -2.54. The molecule has 2 aromatic carbocycles. The fraction of sp³-hybridized carbons (Fsp3) is 0.133. The Morgan fingerprint density at radius 3 is 2.79 bits per heavy atom. The van der Waals surface area contributed by atoms with Crippen LogP contribution in [0.15, 0.2) is 36.4 Å². The predicted molar refractivity (Wildman–Crippen MR) is 71.0 cm³/mol. The van der Waals surface area contributed by atoms with Gasteiger partial charge in [0.1, 0.15) is 18.2 Å². The van der Waals surface area contributed by atoms with Crippen LogP contribution in [0.4, 0.5) is 10.1 Å². The van der Waals surface area contributed by atoms with Gasteiger partial charge in [-0.15, -0.1) is 0 Å². The molecule has 0 heterocycles. The number of nitrogen functional groups attached to an aromatic ring is 1. The summed E-state index contributed by atoms with van der Waals surface area (Å²) in [5, 5.41) is 8.79. The van der Waals surface area contributed by atoms with E-state index in [0.29, 0.717) is 22.6 Å². The SMILES string of the molecule is Cc1ccc(N)cc1OCc1cc(C#N)ccc1F. The van der Waals surface area contributed by atoms with Crippen molar-refractivity contribution in [3.05, 3.63) is 58.9 Å². The maximum absolute atomic E-state index is 13.6. The van der Waals surface area contributed by atoms with Gasteiger partial charge < -0.3 is 10.5 Å². The van der Waals surface area contributed by atoms with Gasteiger partial charge in [0.05, 0.1) is 11.6 Å². The van der Waals surface area contributed by atoms with Crippen LogP contribution < -0.4 is 10.5 Å². The average molecular weight is 256 g/mol. The van der Waals surface area contributed by atoms with Crippen LogP contribution in [0.1, 0.15) is 16.7 Å². The van der Waals surface area contributed by atoms with Gasteiger partial charge in [-0.05, 0) is 36.8 Å². The van der Waals surface area contributed by atoms with Crippen LogP contribution in [0.5, 0.6) is 5.75 Å². The minimum atomic E-state index is -0.388. The molecule has 0 aliphatic rings. The smallest absolute Gasteiger partial charge is 0.129 e. The second kappa shape index (κ2) is 5.40. The van der Waals surface area contributed by atoms with Crippen LogP contribution in [0.2, 0.25) is 0 Å². The topological polar surface area (TPSA) is 59.0 Å². The van der Waals surface area contributed by atoms with Crippen molar-refractivity contribution in [2.24, 2.45) is 0 Å². The molecule has 0 aliphatic carbocycles. The number of aryl methyl sites for hydroxylation is 1. The van der Waals surface area contributed by atoms with E-state index in [1.807, 2.05) is 19.1 Å². The van der Waals surface area contributed by atoms with Crippen molar-refractivity contribution >= 4 is 5.69 Å². The Morgan fingerprint density at radius 2 is 2.05 bits per heavy atom. The molecule has 0 aromatic heterocycles. The van der Waals surface area contributed by atoms with Gasteiger partial charge in [0.15, 0.2) is 0 Å². The maximum Gasteiger partial charge on any atom is 0.129 e. The molecule has 0 atom stereocenters. The molecule has 2 aromatic rings. The molecule has 0 bridgehead atoms. The van der Waals surface area contributed by atoms with Crippen molar-refractivity contribution in [2.45, 2.75) is 13.5 Å². The molecule has 0 saturated heterocycles. The van der Waals surface area contributed by atoms with Crippen LogP contribution in [0, 0.1) is 24.1 Å². The van der Waals surface area contributed by atoms with Crippen molar-refractivity contribution in [1.82, 2.24) is 0 Å². The highest BCUT2D eigenvalue weighted by Crippen LogP contribution is 2.22. The first-order valence-corrected chi connectivity index (χ1v) is 5.77. The molecule has 0 unspecified atom stereocenters. The lowest BCUT2D eigenvalue weighted by molar-refractivity contribution is 0.298. The Balaban J connectivity index is 2.19. The summed E-state index contributed by atoms with van der Waals surface area (Å²) in [6, 6.07) is 11.5. The van der Waals surface area contributed by atoms with Gasteiger partial charge >= 0.3 is 0 Å². The molecule has 19 heavy (non-hydrogen) atoms. The molecule has 0 saturated carbocycles. The Morgan fingerprint density at radius 1 is 1.26 bits per heavy atom. The number of anilines is 1. The third kappa shape index (κ3) is 3.02. The number of ether oxygens (including phenoxy) is 1. The van der Waals surface area contributed by atoms with Gasteiger partial charge in [0.25, 0.3) is 0 Å². The van der Waals surface area contributed by atoms with E-state index >= 15 is 0 Å². The Kier molecular flexibility index (Phi) is 3.67. The molecular formula is C15H13FN2O. The first kappa shape index (κ1) is 12.9. The molecule has 4 heteroatoms. The number of hydrogen-bond acceptors (Lipinski definition) is 3. The summed E-state index contributed by atoms with van der Waals surface area (Å²) in [5.41, 5.74) is 7.94. The van der Waals surface area contributed by atoms with Crippen molar-refractivity contribution in [3.63, 3.8) is 0 Å². The number of benzene rings is 2. The third-order valence-corrected chi connectivity index (χ3v) is 2.77. The van der Waals surface area contributed by atoms with Crippen molar-refractivity contribution in [3.8, 4) is 11.8 Å². The number of halogens is 1. The fourth-order valence-corrected chi connectivity index (χ4v) is 1.68. The summed E-state index contributed by atoms with van der Waals surface area (Å²) in [6.07, 6.45) is 0. The molecule has 2 rings (SSSR count). The van der Waals surface area contributed by atoms with Crippen molar-refractivity contribution in [2.75, 3.05) is 5.73 Å². The lowest BCUT2D eigenvalue weighted by Crippen LogP contribution is -2.01. The minimum Gasteiger partial charge on any atom is -0.488 e. The maximum atomic E-state index is 13.6. The summed E-state index contributed by atoms with van der Waals surface area (Å²) >= 11 is 0. The van der Waals surface area contributed by atoms with E-state index in [1.54, 1.807) is 12.1 Å². The highest BCUT2D eigenvalue weighted by atomic mass is 19.1. The Bertz CT molecular complexity index is 647. The van der Waals surface area contributed by atoms with Crippen LogP contribution in [-0.4, -0.2) is 0 Å². The lowest BCUT2D eigenvalue weighted by atomic mass is 10.1. The highest BCUT2D eigenvalue weighted by Gasteiger charge is 2.06. The van der Waals surface area contributed by atoms with Gasteiger partial charge in [0.2, 0.25) is 0 Å². The zero-order chi connectivity index (χ0) is 13.8. The second-order valence-electron chi connectivity index (χ2n) is 4.23. The highest BCUT2D eigenvalue weighted by molar-refractivity contribution is 5.48. The Labute approximate surface area is 111 Å². The van der Waals surface area contributed by atoms with Crippen molar-refractivity contribution in [1.29, 1.82) is 5.26 Å². The largest absolute Gasteiger partial charge is 0.488 e. The average Bonchev–Trinajstić information content (AvgIpc) is 2.41. The van der Waals surface area contributed by atoms with Gasteiger partial charge in [-0.25, -0.2) is 4.39 Å². The number of nitrogens with zero attached hydrogens (tertiary/aromatic N) is 1. The van der Waals surface area contributed by atoms with E-state index in [-0.39, 0.29) is 12.4 Å². The van der Waals surface area contributed by atoms with Crippen LogP contribution in [0.25, 0.3) is 0 Å². The molecule has 0 amide bonds. The summed E-state index contributed by atoms with van der Waals surface area (Å²) in [7, 11) is 0. The van der Waals surface area contributed by atoms with E-state index in [1.165, 1.54) is 18.2 Å². The van der Waals surface area contributed by atoms with Gasteiger partial charge in [-0.1, -0.05) is 6.07 Å². The van der Waals surface area contributed by atoms with E-state index in [9.17, 15) is 4.39 Å². The molecule has 0 aliphatic heterocycles. The van der Waals surface area contributed by atoms with Gasteiger partial charge in [0, 0.05) is 17.3 Å². The molecule has 0 spiro atoms. The van der Waals surface area contributed by atoms with Crippen LogP contribution in [-0.2, 0) is 6.61 Å². The summed E-state index contributed by atoms with van der Waals surface area (Å²) in [6.45, 7) is 1.95. The normalized spacial score (nSPS) is 9.95. The predicted octanol–water partition coefficient (Wildman–Crippen LogP) is 3.17. The third-order valence-electron chi connectivity index (χ3n) is 2.77. The molecule has 0 radical (unpaired) electrons. The van der Waals surface area contributed by atoms with Gasteiger partial charge in [-0.3, -0.25) is 0 Å². The first-order chi connectivity index (χ1) is 9.10. The number of hydrogen-bond donors (Lipinski definition) is 1.